The third-order valence-electron chi connectivity index (χ3n) is 5.69. The lowest BCUT2D eigenvalue weighted by molar-refractivity contribution is 0.0877. The van der Waals surface area contributed by atoms with Gasteiger partial charge in [0.2, 0.25) is 0 Å². The van der Waals surface area contributed by atoms with Gasteiger partial charge in [-0.2, -0.15) is 0 Å². The molecule has 1 nitrogen and oxygen atoms in total. The Morgan fingerprint density at radius 2 is 1.76 bits per heavy atom. The summed E-state index contributed by atoms with van der Waals surface area (Å²) >= 11 is 0. The highest BCUT2D eigenvalue weighted by atomic mass is 19.1. The lowest BCUT2D eigenvalue weighted by Gasteiger charge is -2.45. The molecule has 2 heterocycles. The largest absolute Gasteiger partial charge is 0.289 e. The van der Waals surface area contributed by atoms with Crippen LogP contribution in [0.25, 0.3) is 0 Å². The number of hydrogen-bond donors (Lipinski definition) is 0. The molecule has 0 aliphatic carbocycles. The van der Waals surface area contributed by atoms with Crippen molar-refractivity contribution in [3.63, 3.8) is 0 Å². The first kappa shape index (κ1) is 16.5. The normalized spacial score (nSPS) is 23.3. The Bertz CT molecular complexity index is 737. The van der Waals surface area contributed by atoms with Gasteiger partial charge >= 0.3 is 0 Å². The van der Waals surface area contributed by atoms with E-state index in [0.29, 0.717) is 12.1 Å². The van der Waals surface area contributed by atoms with Crippen LogP contribution >= 0.6 is 0 Å². The fourth-order valence-electron chi connectivity index (χ4n) is 4.43. The summed E-state index contributed by atoms with van der Waals surface area (Å²) in [6.45, 7) is 1.06. The van der Waals surface area contributed by atoms with Crippen molar-refractivity contribution in [3.8, 4) is 0 Å². The van der Waals surface area contributed by atoms with E-state index in [9.17, 15) is 4.39 Å². The van der Waals surface area contributed by atoms with Crippen molar-refractivity contribution >= 4 is 0 Å². The first-order valence-electron chi connectivity index (χ1n) is 9.51. The van der Waals surface area contributed by atoms with Crippen molar-refractivity contribution in [2.75, 3.05) is 0 Å². The maximum absolute atomic E-state index is 13.4. The zero-order valence-corrected chi connectivity index (χ0v) is 14.7. The second-order valence-corrected chi connectivity index (χ2v) is 7.47. The van der Waals surface area contributed by atoms with Crippen LogP contribution < -0.4 is 0 Å². The van der Waals surface area contributed by atoms with E-state index in [-0.39, 0.29) is 5.82 Å². The van der Waals surface area contributed by atoms with Gasteiger partial charge in [0.25, 0.3) is 0 Å². The minimum absolute atomic E-state index is 0.124. The number of nitrogens with zero attached hydrogens (tertiary/aromatic N) is 1. The quantitative estimate of drug-likeness (QED) is 0.651. The van der Waals surface area contributed by atoms with Gasteiger partial charge in [0.15, 0.2) is 0 Å². The molecular formula is C23H26FN. The Labute approximate surface area is 150 Å². The monoisotopic (exact) mass is 335 g/mol. The molecule has 25 heavy (non-hydrogen) atoms. The Hall–Kier alpha value is -1.93. The summed E-state index contributed by atoms with van der Waals surface area (Å²) in [5.41, 5.74) is 4.09. The maximum atomic E-state index is 13.4. The van der Waals surface area contributed by atoms with E-state index in [1.54, 1.807) is 11.6 Å². The molecule has 2 aromatic carbocycles. The lowest BCUT2D eigenvalue weighted by atomic mass is 9.83. The zero-order chi connectivity index (χ0) is 17.1. The number of aryl methyl sites for hydroxylation is 1. The molecule has 1 fully saturated rings. The summed E-state index contributed by atoms with van der Waals surface area (Å²) in [7, 11) is 0. The second-order valence-electron chi connectivity index (χ2n) is 7.47. The SMILES string of the molecule is Fc1cccc(CCC2=CC3CCCC(C2)N3Cc2ccccc2)c1. The van der Waals surface area contributed by atoms with Crippen LogP contribution in [0.5, 0.6) is 0 Å². The predicted molar refractivity (Wildman–Crippen MR) is 101 cm³/mol. The minimum atomic E-state index is -0.124. The smallest absolute Gasteiger partial charge is 0.123 e. The Morgan fingerprint density at radius 3 is 2.56 bits per heavy atom. The highest BCUT2D eigenvalue weighted by molar-refractivity contribution is 5.22. The Kier molecular flexibility index (Phi) is 4.98. The van der Waals surface area contributed by atoms with E-state index in [2.05, 4.69) is 41.3 Å². The molecule has 0 spiro atoms. The van der Waals surface area contributed by atoms with E-state index in [1.807, 2.05) is 12.1 Å². The van der Waals surface area contributed by atoms with Crippen molar-refractivity contribution in [3.05, 3.63) is 83.2 Å². The van der Waals surface area contributed by atoms with E-state index >= 15 is 0 Å². The molecule has 2 heteroatoms. The first-order chi connectivity index (χ1) is 12.3. The van der Waals surface area contributed by atoms with Crippen LogP contribution in [0.2, 0.25) is 0 Å². The standard InChI is InChI=1S/C23H26FN/c24-21-9-4-8-18(14-21)12-13-20-15-22-10-5-11-23(16-20)25(22)17-19-6-2-1-3-7-19/h1-4,6-9,14-15,22-23H,5,10-13,16-17H2. The third-order valence-corrected chi connectivity index (χ3v) is 5.69. The molecule has 0 amide bonds. The third kappa shape index (κ3) is 4.01. The van der Waals surface area contributed by atoms with Crippen molar-refractivity contribution in [2.24, 2.45) is 0 Å². The lowest BCUT2D eigenvalue weighted by Crippen LogP contribution is -2.48. The van der Waals surface area contributed by atoms with Crippen LogP contribution in [-0.2, 0) is 13.0 Å². The molecule has 2 aliphatic heterocycles. The molecule has 2 unspecified atom stereocenters. The van der Waals surface area contributed by atoms with E-state index in [0.717, 1.165) is 24.9 Å². The zero-order valence-electron chi connectivity index (χ0n) is 14.7. The van der Waals surface area contributed by atoms with Crippen molar-refractivity contribution in [1.29, 1.82) is 0 Å². The molecule has 0 N–H and O–H groups in total. The number of hydrogen-bond acceptors (Lipinski definition) is 1. The molecule has 0 saturated carbocycles. The second kappa shape index (κ2) is 7.53. The fraction of sp³-hybridized carbons (Fsp3) is 0.391. The summed E-state index contributed by atoms with van der Waals surface area (Å²) < 4.78 is 13.4. The van der Waals surface area contributed by atoms with Gasteiger partial charge in [-0.15, -0.1) is 0 Å². The molecule has 1 saturated heterocycles. The van der Waals surface area contributed by atoms with Crippen LogP contribution in [0, 0.1) is 5.82 Å². The average molecular weight is 335 g/mol. The van der Waals surface area contributed by atoms with Crippen LogP contribution in [0.15, 0.2) is 66.2 Å². The van der Waals surface area contributed by atoms with Gasteiger partial charge in [-0.3, -0.25) is 4.90 Å². The summed E-state index contributed by atoms with van der Waals surface area (Å²) in [5, 5.41) is 0. The molecule has 2 aromatic rings. The number of benzene rings is 2. The Balaban J connectivity index is 1.43. The molecule has 130 valence electrons. The maximum Gasteiger partial charge on any atom is 0.123 e. The summed E-state index contributed by atoms with van der Waals surface area (Å²) in [5.74, 6) is -0.124. The number of piperidine rings is 1. The van der Waals surface area contributed by atoms with Crippen LogP contribution in [0.3, 0.4) is 0 Å². The van der Waals surface area contributed by atoms with Crippen LogP contribution in [0.4, 0.5) is 4.39 Å². The highest BCUT2D eigenvalue weighted by Gasteiger charge is 2.33. The predicted octanol–water partition coefficient (Wildman–Crippen LogP) is 5.51. The van der Waals surface area contributed by atoms with Gasteiger partial charge in [-0.05, 0) is 55.4 Å². The topological polar surface area (TPSA) is 3.24 Å². The molecule has 2 bridgehead atoms. The van der Waals surface area contributed by atoms with Gasteiger partial charge in [0.1, 0.15) is 5.82 Å². The van der Waals surface area contributed by atoms with Crippen molar-refractivity contribution in [1.82, 2.24) is 4.90 Å². The van der Waals surface area contributed by atoms with Gasteiger partial charge in [-0.25, -0.2) is 4.39 Å². The van der Waals surface area contributed by atoms with E-state index < -0.39 is 0 Å². The molecule has 2 aliphatic rings. The van der Waals surface area contributed by atoms with Crippen molar-refractivity contribution < 1.29 is 4.39 Å². The fourth-order valence-corrected chi connectivity index (χ4v) is 4.43. The van der Waals surface area contributed by atoms with Gasteiger partial charge < -0.3 is 0 Å². The molecule has 4 rings (SSSR count). The minimum Gasteiger partial charge on any atom is -0.289 e. The van der Waals surface area contributed by atoms with Gasteiger partial charge in [-0.1, -0.05) is 60.5 Å². The van der Waals surface area contributed by atoms with Gasteiger partial charge in [0.05, 0.1) is 0 Å². The first-order valence-corrected chi connectivity index (χ1v) is 9.51. The van der Waals surface area contributed by atoms with Crippen LogP contribution in [-0.4, -0.2) is 17.0 Å². The summed E-state index contributed by atoms with van der Waals surface area (Å²) in [4.78, 5) is 2.70. The summed E-state index contributed by atoms with van der Waals surface area (Å²) in [6, 6.07) is 19.1. The van der Waals surface area contributed by atoms with Crippen LogP contribution in [0.1, 0.15) is 43.2 Å². The van der Waals surface area contributed by atoms with Crippen molar-refractivity contribution in [2.45, 2.75) is 57.2 Å². The molecule has 0 radical (unpaired) electrons. The summed E-state index contributed by atoms with van der Waals surface area (Å²) in [6.07, 6.45) is 9.62. The van der Waals surface area contributed by atoms with E-state index in [1.165, 1.54) is 37.3 Å². The number of halogens is 1. The number of fused-ring (bicyclic) bond motifs is 2. The molecule has 0 aromatic heterocycles. The van der Waals surface area contributed by atoms with Gasteiger partial charge in [0, 0.05) is 18.6 Å². The highest BCUT2D eigenvalue weighted by Crippen LogP contribution is 2.35. The number of rotatable bonds is 5. The molecule has 2 atom stereocenters. The average Bonchev–Trinajstić information content (AvgIpc) is 2.61. The van der Waals surface area contributed by atoms with E-state index in [4.69, 9.17) is 0 Å². The molecular weight excluding hydrogens is 309 g/mol. The Morgan fingerprint density at radius 1 is 0.920 bits per heavy atom.